The summed E-state index contributed by atoms with van der Waals surface area (Å²) in [5.74, 6) is 1.99. The first-order chi connectivity index (χ1) is 9.13. The van der Waals surface area contributed by atoms with Gasteiger partial charge < -0.3 is 14.5 Å². The van der Waals surface area contributed by atoms with Gasteiger partial charge in [-0.15, -0.1) is 11.6 Å². The van der Waals surface area contributed by atoms with Gasteiger partial charge in [-0.2, -0.15) is 0 Å². The molecule has 0 radical (unpaired) electrons. The van der Waals surface area contributed by atoms with E-state index in [0.29, 0.717) is 17.2 Å². The van der Waals surface area contributed by atoms with Gasteiger partial charge in [0.05, 0.1) is 5.69 Å². The first-order valence-electron chi connectivity index (χ1n) is 5.90. The number of hydrogen-bond acceptors (Lipinski definition) is 3. The molecule has 0 aliphatic carbocycles. The third-order valence-electron chi connectivity index (χ3n) is 2.94. The zero-order chi connectivity index (χ0) is 13.4. The second kappa shape index (κ2) is 4.63. The Balaban J connectivity index is 1.93. The van der Waals surface area contributed by atoms with Crippen LogP contribution in [0.25, 0.3) is 0 Å². The summed E-state index contributed by atoms with van der Waals surface area (Å²) >= 11 is 6.38. The van der Waals surface area contributed by atoms with Gasteiger partial charge in [-0.05, 0) is 36.8 Å². The van der Waals surface area contributed by atoms with Crippen molar-refractivity contribution in [2.75, 3.05) is 11.9 Å². The van der Waals surface area contributed by atoms with Gasteiger partial charge in [-0.25, -0.2) is 0 Å². The van der Waals surface area contributed by atoms with E-state index in [0.717, 1.165) is 11.3 Å². The first-order valence-corrected chi connectivity index (χ1v) is 6.34. The number of halogens is 1. The van der Waals surface area contributed by atoms with Gasteiger partial charge in [0.15, 0.2) is 6.61 Å². The summed E-state index contributed by atoms with van der Waals surface area (Å²) in [5, 5.41) is 2.37. The van der Waals surface area contributed by atoms with Gasteiger partial charge in [0.25, 0.3) is 5.91 Å². The average Bonchev–Trinajstić information content (AvgIpc) is 2.83. The fourth-order valence-corrected chi connectivity index (χ4v) is 2.27. The van der Waals surface area contributed by atoms with E-state index in [9.17, 15) is 4.79 Å². The minimum Gasteiger partial charge on any atom is -0.482 e. The van der Waals surface area contributed by atoms with Gasteiger partial charge in [0.2, 0.25) is 0 Å². The molecule has 0 fully saturated rings. The number of ether oxygens (including phenoxy) is 1. The summed E-state index contributed by atoms with van der Waals surface area (Å²) in [7, 11) is 0. The van der Waals surface area contributed by atoms with Crippen molar-refractivity contribution in [1.29, 1.82) is 0 Å². The van der Waals surface area contributed by atoms with E-state index < -0.39 is 5.38 Å². The fourth-order valence-electron chi connectivity index (χ4n) is 2.01. The van der Waals surface area contributed by atoms with Crippen LogP contribution >= 0.6 is 11.6 Å². The van der Waals surface area contributed by atoms with Crippen LogP contribution in [0.3, 0.4) is 0 Å². The highest BCUT2D eigenvalue weighted by atomic mass is 35.5. The summed E-state index contributed by atoms with van der Waals surface area (Å²) in [5.41, 5.74) is 1.49. The molecule has 5 heteroatoms. The van der Waals surface area contributed by atoms with Gasteiger partial charge >= 0.3 is 0 Å². The van der Waals surface area contributed by atoms with Gasteiger partial charge in [-0.3, -0.25) is 4.79 Å². The SMILES string of the molecule is Cc1ccc(C(Cl)c2ccc3c(c2)NC(=O)CO3)o1. The van der Waals surface area contributed by atoms with Crippen molar-refractivity contribution < 1.29 is 13.9 Å². The molecule has 4 nitrogen and oxygen atoms in total. The molecule has 2 aromatic rings. The van der Waals surface area contributed by atoms with Crippen LogP contribution in [-0.4, -0.2) is 12.5 Å². The van der Waals surface area contributed by atoms with Crippen molar-refractivity contribution in [3.63, 3.8) is 0 Å². The topological polar surface area (TPSA) is 51.5 Å². The summed E-state index contributed by atoms with van der Waals surface area (Å²) in [4.78, 5) is 11.3. The number of fused-ring (bicyclic) bond motifs is 1. The van der Waals surface area contributed by atoms with E-state index in [1.807, 2.05) is 31.2 Å². The van der Waals surface area contributed by atoms with Crippen molar-refractivity contribution in [2.24, 2.45) is 0 Å². The lowest BCUT2D eigenvalue weighted by atomic mass is 10.1. The predicted molar refractivity (Wildman–Crippen MR) is 71.7 cm³/mol. The molecular weight excluding hydrogens is 266 g/mol. The highest BCUT2D eigenvalue weighted by Crippen LogP contribution is 2.35. The zero-order valence-corrected chi connectivity index (χ0v) is 11.0. The van der Waals surface area contributed by atoms with E-state index in [2.05, 4.69) is 5.32 Å². The first kappa shape index (κ1) is 12.1. The number of alkyl halides is 1. The fraction of sp³-hybridized carbons (Fsp3) is 0.214. The number of furan rings is 1. The smallest absolute Gasteiger partial charge is 0.262 e. The average molecular weight is 278 g/mol. The number of nitrogens with one attached hydrogen (secondary N) is 1. The highest BCUT2D eigenvalue weighted by molar-refractivity contribution is 6.22. The highest BCUT2D eigenvalue weighted by Gasteiger charge is 2.20. The van der Waals surface area contributed by atoms with E-state index in [1.54, 1.807) is 6.07 Å². The maximum absolute atomic E-state index is 11.3. The van der Waals surface area contributed by atoms with Crippen LogP contribution < -0.4 is 10.1 Å². The lowest BCUT2D eigenvalue weighted by Gasteiger charge is -2.19. The molecule has 2 heterocycles. The van der Waals surface area contributed by atoms with Gasteiger partial charge in [0, 0.05) is 0 Å². The van der Waals surface area contributed by atoms with Crippen molar-refractivity contribution in [3.05, 3.63) is 47.4 Å². The second-order valence-electron chi connectivity index (χ2n) is 4.40. The molecule has 1 aliphatic rings. The molecule has 1 atom stereocenters. The standard InChI is InChI=1S/C14H12ClNO3/c1-8-2-4-12(19-8)14(15)9-3-5-11-10(6-9)16-13(17)7-18-11/h2-6,14H,7H2,1H3,(H,16,17). The van der Waals surface area contributed by atoms with Crippen LogP contribution in [0.2, 0.25) is 0 Å². The summed E-state index contributed by atoms with van der Waals surface area (Å²) in [6.07, 6.45) is 0. The predicted octanol–water partition coefficient (Wildman–Crippen LogP) is 3.25. The molecule has 1 aliphatic heterocycles. The number of carbonyl (C=O) groups excluding carboxylic acids is 1. The number of rotatable bonds is 2. The minimum atomic E-state index is -0.391. The molecule has 0 saturated heterocycles. The van der Waals surface area contributed by atoms with E-state index in [1.165, 1.54) is 0 Å². The van der Waals surface area contributed by atoms with Crippen LogP contribution in [0.4, 0.5) is 5.69 Å². The Morgan fingerprint density at radius 1 is 1.32 bits per heavy atom. The molecule has 1 aromatic heterocycles. The molecule has 19 heavy (non-hydrogen) atoms. The van der Waals surface area contributed by atoms with Crippen molar-refractivity contribution in [2.45, 2.75) is 12.3 Å². The number of carbonyl (C=O) groups is 1. The molecule has 1 N–H and O–H groups in total. The Labute approximate surface area is 115 Å². The third kappa shape index (κ3) is 2.31. The maximum Gasteiger partial charge on any atom is 0.262 e. The van der Waals surface area contributed by atoms with Crippen molar-refractivity contribution >= 4 is 23.2 Å². The summed E-state index contributed by atoms with van der Waals surface area (Å²) in [6, 6.07) is 9.19. The Hall–Kier alpha value is -1.94. The summed E-state index contributed by atoms with van der Waals surface area (Å²) in [6.45, 7) is 1.92. The molecule has 0 spiro atoms. The Bertz CT molecular complexity index is 635. The normalized spacial score (nSPS) is 15.4. The molecular formula is C14H12ClNO3. The molecule has 1 unspecified atom stereocenters. The minimum absolute atomic E-state index is 0.0496. The van der Waals surface area contributed by atoms with Crippen LogP contribution in [-0.2, 0) is 4.79 Å². The molecule has 0 bridgehead atoms. The monoisotopic (exact) mass is 277 g/mol. The van der Waals surface area contributed by atoms with E-state index in [4.69, 9.17) is 20.8 Å². The Kier molecular flexibility index (Phi) is 2.95. The van der Waals surface area contributed by atoms with Gasteiger partial charge in [0.1, 0.15) is 22.6 Å². The largest absolute Gasteiger partial charge is 0.482 e. The lowest BCUT2D eigenvalue weighted by Crippen LogP contribution is -2.25. The second-order valence-corrected chi connectivity index (χ2v) is 4.84. The van der Waals surface area contributed by atoms with Crippen LogP contribution in [0, 0.1) is 6.92 Å². The van der Waals surface area contributed by atoms with E-state index >= 15 is 0 Å². The molecule has 3 rings (SSSR count). The quantitative estimate of drug-likeness (QED) is 0.857. The van der Waals surface area contributed by atoms with Crippen molar-refractivity contribution in [1.82, 2.24) is 0 Å². The lowest BCUT2D eigenvalue weighted by molar-refractivity contribution is -0.118. The van der Waals surface area contributed by atoms with Gasteiger partial charge in [-0.1, -0.05) is 6.07 Å². The maximum atomic E-state index is 11.3. The molecule has 0 saturated carbocycles. The number of hydrogen-bond donors (Lipinski definition) is 1. The Morgan fingerprint density at radius 3 is 2.89 bits per heavy atom. The summed E-state index contributed by atoms with van der Waals surface area (Å²) < 4.78 is 10.8. The Morgan fingerprint density at radius 2 is 2.16 bits per heavy atom. The van der Waals surface area contributed by atoms with Crippen molar-refractivity contribution in [3.8, 4) is 5.75 Å². The molecule has 98 valence electrons. The van der Waals surface area contributed by atoms with Crippen LogP contribution in [0.1, 0.15) is 22.5 Å². The molecule has 1 aromatic carbocycles. The number of amides is 1. The zero-order valence-electron chi connectivity index (χ0n) is 10.3. The number of aryl methyl sites for hydroxylation is 1. The third-order valence-corrected chi connectivity index (χ3v) is 3.41. The van der Waals surface area contributed by atoms with Crippen LogP contribution in [0.5, 0.6) is 5.75 Å². The van der Waals surface area contributed by atoms with Crippen LogP contribution in [0.15, 0.2) is 34.7 Å². The number of anilines is 1. The number of benzene rings is 1. The van der Waals surface area contributed by atoms with E-state index in [-0.39, 0.29) is 12.5 Å². The molecule has 1 amide bonds.